The Morgan fingerprint density at radius 1 is 1.25 bits per heavy atom. The second-order valence-corrected chi connectivity index (χ2v) is 6.89. The smallest absolute Gasteiger partial charge is 0.339 e. The maximum Gasteiger partial charge on any atom is 0.339 e. The zero-order valence-electron chi connectivity index (χ0n) is 16.4. The van der Waals surface area contributed by atoms with E-state index in [2.05, 4.69) is 26.5 Å². The number of piperidine rings is 1. The number of likely N-dealkylation sites (tertiary alicyclic amines) is 1. The van der Waals surface area contributed by atoms with Gasteiger partial charge >= 0.3 is 5.97 Å². The Kier molecular flexibility index (Phi) is 6.71. The van der Waals surface area contributed by atoms with Gasteiger partial charge in [-0.1, -0.05) is 6.92 Å². The number of hydrogen-bond donors (Lipinski definition) is 0. The lowest BCUT2D eigenvalue weighted by molar-refractivity contribution is 0.0560. The molecule has 2 aromatic rings. The van der Waals surface area contributed by atoms with Gasteiger partial charge in [0.05, 0.1) is 12.7 Å². The molecule has 0 N–H and O–H groups in total. The molecular weight excluding hydrogens is 356 g/mol. The minimum absolute atomic E-state index is 0.0962. The van der Waals surface area contributed by atoms with Gasteiger partial charge in [-0.25, -0.2) is 4.79 Å². The van der Waals surface area contributed by atoms with Crippen molar-refractivity contribution in [1.29, 1.82) is 0 Å². The van der Waals surface area contributed by atoms with Gasteiger partial charge in [0.25, 0.3) is 5.91 Å². The highest BCUT2D eigenvalue weighted by atomic mass is 16.5. The number of hydrogen-bond acceptors (Lipinski definition) is 6. The second-order valence-electron chi connectivity index (χ2n) is 6.89. The summed E-state index contributed by atoms with van der Waals surface area (Å²) >= 11 is 0. The first-order chi connectivity index (χ1) is 13.6. The van der Waals surface area contributed by atoms with E-state index in [-0.39, 0.29) is 5.91 Å². The summed E-state index contributed by atoms with van der Waals surface area (Å²) in [5.74, 6) is -0.555. The number of carbonyl (C=O) groups excluding carboxylic acids is 2. The summed E-state index contributed by atoms with van der Waals surface area (Å²) in [5.41, 5.74) is 1.91. The maximum absolute atomic E-state index is 12.9. The Labute approximate surface area is 165 Å². The average Bonchev–Trinajstić information content (AvgIpc) is 2.77. The highest BCUT2D eigenvalue weighted by molar-refractivity contribution is 5.94. The third kappa shape index (κ3) is 4.72. The van der Waals surface area contributed by atoms with Gasteiger partial charge in [-0.3, -0.25) is 19.7 Å². The predicted molar refractivity (Wildman–Crippen MR) is 105 cm³/mol. The van der Waals surface area contributed by atoms with Gasteiger partial charge in [0.1, 0.15) is 5.69 Å². The van der Waals surface area contributed by atoms with Crippen molar-refractivity contribution < 1.29 is 14.3 Å². The first-order valence-corrected chi connectivity index (χ1v) is 9.59. The Morgan fingerprint density at radius 2 is 2.04 bits per heavy atom. The summed E-state index contributed by atoms with van der Waals surface area (Å²) in [7, 11) is 1.32. The molecule has 0 bridgehead atoms. The number of amides is 1. The van der Waals surface area contributed by atoms with E-state index in [1.807, 2.05) is 29.4 Å². The third-order valence-electron chi connectivity index (χ3n) is 5.15. The largest absolute Gasteiger partial charge is 0.465 e. The number of carbonyl (C=O) groups is 2. The SMILES string of the molecule is CCN(Cc1ccncc1)C1CCCN(C(=O)c2ccc(C(=O)OC)cn2)C1. The average molecular weight is 382 g/mol. The second kappa shape index (κ2) is 9.41. The van der Waals surface area contributed by atoms with Crippen LogP contribution in [-0.4, -0.2) is 64.4 Å². The molecule has 148 valence electrons. The van der Waals surface area contributed by atoms with Crippen LogP contribution < -0.4 is 0 Å². The fraction of sp³-hybridized carbons (Fsp3) is 0.429. The molecule has 1 aliphatic rings. The van der Waals surface area contributed by atoms with Crippen molar-refractivity contribution >= 4 is 11.9 Å². The number of nitrogens with zero attached hydrogens (tertiary/aromatic N) is 4. The highest BCUT2D eigenvalue weighted by Crippen LogP contribution is 2.19. The summed E-state index contributed by atoms with van der Waals surface area (Å²) in [5, 5.41) is 0. The van der Waals surface area contributed by atoms with Crippen LogP contribution in [0.1, 0.15) is 46.2 Å². The van der Waals surface area contributed by atoms with E-state index >= 15 is 0 Å². The summed E-state index contributed by atoms with van der Waals surface area (Å²) in [6.07, 6.45) is 7.04. The van der Waals surface area contributed by atoms with Crippen LogP contribution in [0.25, 0.3) is 0 Å². The third-order valence-corrected chi connectivity index (χ3v) is 5.15. The van der Waals surface area contributed by atoms with E-state index in [4.69, 9.17) is 0 Å². The highest BCUT2D eigenvalue weighted by Gasteiger charge is 2.28. The summed E-state index contributed by atoms with van der Waals surface area (Å²) in [6, 6.07) is 7.54. The summed E-state index contributed by atoms with van der Waals surface area (Å²) in [6.45, 7) is 5.31. The Hall–Kier alpha value is -2.80. The van der Waals surface area contributed by atoms with E-state index in [1.165, 1.54) is 18.9 Å². The lowest BCUT2D eigenvalue weighted by Gasteiger charge is -2.39. The summed E-state index contributed by atoms with van der Waals surface area (Å²) < 4.78 is 4.67. The molecule has 0 aromatic carbocycles. The fourth-order valence-electron chi connectivity index (χ4n) is 3.58. The molecule has 28 heavy (non-hydrogen) atoms. The van der Waals surface area contributed by atoms with Crippen molar-refractivity contribution in [3.63, 3.8) is 0 Å². The molecule has 0 spiro atoms. The molecule has 7 heteroatoms. The van der Waals surface area contributed by atoms with E-state index in [9.17, 15) is 9.59 Å². The Balaban J connectivity index is 1.66. The summed E-state index contributed by atoms with van der Waals surface area (Å²) in [4.78, 5) is 36.9. The van der Waals surface area contributed by atoms with Crippen LogP contribution in [0.4, 0.5) is 0 Å². The molecule has 1 fully saturated rings. The van der Waals surface area contributed by atoms with Crippen molar-refractivity contribution in [3.8, 4) is 0 Å². The quantitative estimate of drug-likeness (QED) is 0.714. The van der Waals surface area contributed by atoms with Crippen LogP contribution in [0.5, 0.6) is 0 Å². The number of likely N-dealkylation sites (N-methyl/N-ethyl adjacent to an activating group) is 1. The van der Waals surface area contributed by atoms with E-state index in [0.717, 1.165) is 32.5 Å². The van der Waals surface area contributed by atoms with Gasteiger partial charge in [-0.15, -0.1) is 0 Å². The van der Waals surface area contributed by atoms with Crippen LogP contribution in [0, 0.1) is 0 Å². The first kappa shape index (κ1) is 19.9. The van der Waals surface area contributed by atoms with E-state index in [0.29, 0.717) is 23.8 Å². The molecule has 3 heterocycles. The minimum atomic E-state index is -0.459. The van der Waals surface area contributed by atoms with Gasteiger partial charge in [0.15, 0.2) is 0 Å². The normalized spacial score (nSPS) is 16.8. The number of rotatable bonds is 6. The van der Waals surface area contributed by atoms with Gasteiger partial charge in [-0.2, -0.15) is 0 Å². The number of esters is 1. The molecular formula is C21H26N4O3. The van der Waals surface area contributed by atoms with E-state index in [1.54, 1.807) is 12.1 Å². The molecule has 3 rings (SSSR count). The van der Waals surface area contributed by atoms with Gasteiger partial charge < -0.3 is 9.64 Å². The van der Waals surface area contributed by atoms with Gasteiger partial charge in [0, 0.05) is 44.3 Å². The molecule has 1 saturated heterocycles. The van der Waals surface area contributed by atoms with Crippen LogP contribution in [0.2, 0.25) is 0 Å². The number of pyridine rings is 2. The Bertz CT molecular complexity index is 795. The van der Waals surface area contributed by atoms with Gasteiger partial charge in [-0.05, 0) is 49.2 Å². The van der Waals surface area contributed by atoms with Crippen molar-refractivity contribution in [2.24, 2.45) is 0 Å². The molecule has 0 saturated carbocycles. The van der Waals surface area contributed by atoms with Crippen LogP contribution >= 0.6 is 0 Å². The van der Waals surface area contributed by atoms with Crippen LogP contribution in [0.3, 0.4) is 0 Å². The molecule has 1 atom stereocenters. The predicted octanol–water partition coefficient (Wildman–Crippen LogP) is 2.39. The molecule has 7 nitrogen and oxygen atoms in total. The standard InChI is InChI=1S/C21H26N4O3/c1-3-24(14-16-8-10-22-11-9-16)18-5-4-12-25(15-18)20(26)19-7-6-17(13-23-19)21(27)28-2/h6-11,13,18H,3-5,12,14-15H2,1-2H3. The van der Waals surface area contributed by atoms with E-state index < -0.39 is 5.97 Å². The molecule has 2 aromatic heterocycles. The number of ether oxygens (including phenoxy) is 1. The monoisotopic (exact) mass is 382 g/mol. The Morgan fingerprint density at radius 3 is 2.68 bits per heavy atom. The van der Waals surface area contributed by atoms with Crippen molar-refractivity contribution in [2.45, 2.75) is 32.4 Å². The van der Waals surface area contributed by atoms with Crippen molar-refractivity contribution in [2.75, 3.05) is 26.7 Å². The lowest BCUT2D eigenvalue weighted by atomic mass is 10.0. The van der Waals surface area contributed by atoms with Gasteiger partial charge in [0.2, 0.25) is 0 Å². The number of methoxy groups -OCH3 is 1. The molecule has 1 aliphatic heterocycles. The molecule has 1 amide bonds. The first-order valence-electron chi connectivity index (χ1n) is 9.59. The topological polar surface area (TPSA) is 75.6 Å². The number of aromatic nitrogens is 2. The fourth-order valence-corrected chi connectivity index (χ4v) is 3.58. The van der Waals surface area contributed by atoms with Crippen LogP contribution in [-0.2, 0) is 11.3 Å². The van der Waals surface area contributed by atoms with Crippen molar-refractivity contribution in [1.82, 2.24) is 19.8 Å². The molecule has 1 unspecified atom stereocenters. The maximum atomic E-state index is 12.9. The van der Waals surface area contributed by atoms with Crippen LogP contribution in [0.15, 0.2) is 42.9 Å². The minimum Gasteiger partial charge on any atom is -0.465 e. The zero-order valence-corrected chi connectivity index (χ0v) is 16.4. The lowest BCUT2D eigenvalue weighted by Crippen LogP contribution is -2.49. The van der Waals surface area contributed by atoms with Crippen molar-refractivity contribution in [3.05, 3.63) is 59.7 Å². The molecule has 0 radical (unpaired) electrons. The zero-order chi connectivity index (χ0) is 19.9. The molecule has 0 aliphatic carbocycles.